The second kappa shape index (κ2) is 10.1. The number of hydrogen-bond donors (Lipinski definition) is 1. The van der Waals surface area contributed by atoms with E-state index in [4.69, 9.17) is 8.83 Å². The van der Waals surface area contributed by atoms with Gasteiger partial charge in [-0.3, -0.25) is 9.10 Å². The number of anilines is 1. The Morgan fingerprint density at radius 3 is 2.43 bits per heavy atom. The molecule has 0 aliphatic heterocycles. The average molecular weight is 585 g/mol. The second-order valence-electron chi connectivity index (χ2n) is 9.89. The number of nitrogens with one attached hydrogen (secondary N) is 1. The molecule has 6 rings (SSSR count). The van der Waals surface area contributed by atoms with Gasteiger partial charge >= 0.3 is 0 Å². The zero-order valence-corrected chi connectivity index (χ0v) is 23.9. The lowest BCUT2D eigenvalue weighted by atomic mass is 10.0. The molecule has 0 bridgehead atoms. The quantitative estimate of drug-likeness (QED) is 0.249. The Morgan fingerprint density at radius 1 is 1.00 bits per heavy atom. The number of aryl methyl sites for hydroxylation is 1. The lowest BCUT2D eigenvalue weighted by Gasteiger charge is -2.20. The van der Waals surface area contributed by atoms with Gasteiger partial charge in [-0.05, 0) is 25.1 Å². The highest BCUT2D eigenvalue weighted by Crippen LogP contribution is 2.41. The van der Waals surface area contributed by atoms with E-state index in [1.807, 2.05) is 43.3 Å². The van der Waals surface area contributed by atoms with Crippen LogP contribution >= 0.6 is 0 Å². The molecule has 11 heteroatoms. The van der Waals surface area contributed by atoms with Gasteiger partial charge in [0.2, 0.25) is 10.0 Å². The van der Waals surface area contributed by atoms with Crippen LogP contribution in [-0.2, 0) is 10.0 Å². The largest absolute Gasteiger partial charge is 0.455 e. The predicted octanol–water partition coefficient (Wildman–Crippen LogP) is 6.17. The summed E-state index contributed by atoms with van der Waals surface area (Å²) in [7, 11) is -0.868. The fourth-order valence-corrected chi connectivity index (χ4v) is 5.29. The van der Waals surface area contributed by atoms with E-state index in [9.17, 15) is 13.2 Å². The zero-order chi connectivity index (χ0) is 29.8. The van der Waals surface area contributed by atoms with Gasteiger partial charge in [-0.2, -0.15) is 0 Å². The summed E-state index contributed by atoms with van der Waals surface area (Å²) in [5.74, 6) is -0.583. The van der Waals surface area contributed by atoms with Gasteiger partial charge in [0, 0.05) is 42.1 Å². The van der Waals surface area contributed by atoms with Crippen molar-refractivity contribution in [3.8, 4) is 34.2 Å². The minimum absolute atomic E-state index is 0.0280. The molecular formula is C31H25FN4O5S. The van der Waals surface area contributed by atoms with Gasteiger partial charge in [0.1, 0.15) is 22.6 Å². The van der Waals surface area contributed by atoms with Crippen LogP contribution in [0.2, 0.25) is 0 Å². The van der Waals surface area contributed by atoms with E-state index >= 15 is 4.39 Å². The predicted molar refractivity (Wildman–Crippen MR) is 159 cm³/mol. The molecule has 1 N–H and O–H groups in total. The molecule has 6 aromatic rings. The Labute approximate surface area is 240 Å². The van der Waals surface area contributed by atoms with Crippen LogP contribution in [0.5, 0.6) is 0 Å². The van der Waals surface area contributed by atoms with E-state index < -0.39 is 21.7 Å². The standard InChI is InChI=1S/C31H25FN4O5S/c1-17-9-11-18(12-10-17)29-27(31(37)33-2)21-14-20(23(15-25(21)41-29)36(3)42(4,38)39)30-34-16-22(32)28(35-30)26-13-19-7-5-6-8-24(19)40-26/h5-16H,1-4H3,(H,33,37). The lowest BCUT2D eigenvalue weighted by Crippen LogP contribution is -2.25. The number of hydrogen-bond acceptors (Lipinski definition) is 7. The second-order valence-corrected chi connectivity index (χ2v) is 11.9. The maximum Gasteiger partial charge on any atom is 0.255 e. The molecule has 0 saturated heterocycles. The van der Waals surface area contributed by atoms with Gasteiger partial charge in [-0.25, -0.2) is 22.8 Å². The number of fused-ring (bicyclic) bond motifs is 2. The van der Waals surface area contributed by atoms with Crippen LogP contribution in [0.3, 0.4) is 0 Å². The summed E-state index contributed by atoms with van der Waals surface area (Å²) in [4.78, 5) is 21.9. The molecule has 0 fully saturated rings. The minimum atomic E-state index is -3.76. The fourth-order valence-electron chi connectivity index (χ4n) is 4.78. The highest BCUT2D eigenvalue weighted by atomic mass is 32.2. The number of sulfonamides is 1. The number of carbonyl (C=O) groups is 1. The molecule has 0 aliphatic carbocycles. The Balaban J connectivity index is 1.63. The number of furan rings is 2. The summed E-state index contributed by atoms with van der Waals surface area (Å²) >= 11 is 0. The number of nitrogens with zero attached hydrogens (tertiary/aromatic N) is 3. The summed E-state index contributed by atoms with van der Waals surface area (Å²) in [5.41, 5.74) is 3.12. The number of benzene rings is 3. The normalized spacial score (nSPS) is 11.7. The number of carbonyl (C=O) groups excluding carboxylic acids is 1. The van der Waals surface area contributed by atoms with E-state index in [2.05, 4.69) is 15.3 Å². The molecule has 0 radical (unpaired) electrons. The molecule has 3 heterocycles. The van der Waals surface area contributed by atoms with E-state index in [0.29, 0.717) is 22.3 Å². The number of halogens is 1. The average Bonchev–Trinajstić information content (AvgIpc) is 3.57. The number of amides is 1. The van der Waals surface area contributed by atoms with Crippen molar-refractivity contribution >= 4 is 43.6 Å². The third-order valence-electron chi connectivity index (χ3n) is 7.05. The van der Waals surface area contributed by atoms with Crippen molar-refractivity contribution in [2.45, 2.75) is 6.92 Å². The first kappa shape index (κ1) is 27.2. The van der Waals surface area contributed by atoms with E-state index in [-0.39, 0.29) is 39.7 Å². The molecule has 0 aliphatic rings. The summed E-state index contributed by atoms with van der Waals surface area (Å²) in [6.45, 7) is 1.95. The number of aromatic nitrogens is 2. The Morgan fingerprint density at radius 2 is 1.74 bits per heavy atom. The van der Waals surface area contributed by atoms with Gasteiger partial charge in [0.25, 0.3) is 5.91 Å². The van der Waals surface area contributed by atoms with Crippen molar-refractivity contribution in [3.05, 3.63) is 89.9 Å². The first-order valence-electron chi connectivity index (χ1n) is 12.9. The first-order chi connectivity index (χ1) is 20.0. The van der Waals surface area contributed by atoms with Crippen molar-refractivity contribution < 1.29 is 26.4 Å². The van der Waals surface area contributed by atoms with Gasteiger partial charge in [0.15, 0.2) is 17.4 Å². The van der Waals surface area contributed by atoms with Crippen LogP contribution in [-0.4, -0.2) is 44.6 Å². The molecule has 212 valence electrons. The SMILES string of the molecule is CNC(=O)c1c(-c2ccc(C)cc2)oc2cc(N(C)S(C)(=O)=O)c(-c3ncc(F)c(-c4cc5ccccc5o4)n3)cc12. The van der Waals surface area contributed by atoms with Crippen LogP contribution in [0.25, 0.3) is 56.1 Å². The topological polar surface area (TPSA) is 119 Å². The van der Waals surface area contributed by atoms with E-state index in [1.54, 1.807) is 24.3 Å². The molecule has 3 aromatic carbocycles. The highest BCUT2D eigenvalue weighted by molar-refractivity contribution is 7.92. The van der Waals surface area contributed by atoms with Crippen molar-refractivity contribution in [3.63, 3.8) is 0 Å². The molecular weight excluding hydrogens is 559 g/mol. The van der Waals surface area contributed by atoms with Crippen molar-refractivity contribution in [2.75, 3.05) is 24.7 Å². The van der Waals surface area contributed by atoms with Crippen LogP contribution in [0.15, 0.2) is 81.8 Å². The fraction of sp³-hybridized carbons (Fsp3) is 0.129. The van der Waals surface area contributed by atoms with Gasteiger partial charge in [-0.15, -0.1) is 0 Å². The molecule has 0 saturated carbocycles. The van der Waals surface area contributed by atoms with Crippen molar-refractivity contribution in [1.82, 2.24) is 15.3 Å². The maximum atomic E-state index is 15.1. The van der Waals surface area contributed by atoms with Crippen molar-refractivity contribution in [2.24, 2.45) is 0 Å². The highest BCUT2D eigenvalue weighted by Gasteiger charge is 2.27. The Kier molecular flexibility index (Phi) is 6.53. The van der Waals surface area contributed by atoms with Crippen LogP contribution < -0.4 is 9.62 Å². The molecule has 3 aromatic heterocycles. The molecule has 42 heavy (non-hydrogen) atoms. The zero-order valence-electron chi connectivity index (χ0n) is 23.1. The summed E-state index contributed by atoms with van der Waals surface area (Å²) < 4.78 is 53.6. The monoisotopic (exact) mass is 584 g/mol. The first-order valence-corrected chi connectivity index (χ1v) is 14.8. The van der Waals surface area contributed by atoms with Gasteiger partial charge in [0.05, 0.1) is 23.7 Å². The van der Waals surface area contributed by atoms with Crippen molar-refractivity contribution in [1.29, 1.82) is 0 Å². The molecule has 0 atom stereocenters. The summed E-state index contributed by atoms with van der Waals surface area (Å²) in [5, 5.41) is 3.83. The Bertz CT molecular complexity index is 2080. The van der Waals surface area contributed by atoms with E-state index in [1.165, 1.54) is 20.2 Å². The molecule has 0 spiro atoms. The van der Waals surface area contributed by atoms with Gasteiger partial charge < -0.3 is 14.2 Å². The van der Waals surface area contributed by atoms with Gasteiger partial charge in [-0.1, -0.05) is 48.0 Å². The third-order valence-corrected chi connectivity index (χ3v) is 8.25. The lowest BCUT2D eigenvalue weighted by molar-refractivity contribution is 0.0964. The minimum Gasteiger partial charge on any atom is -0.455 e. The van der Waals surface area contributed by atoms with Crippen LogP contribution in [0, 0.1) is 12.7 Å². The molecule has 0 unspecified atom stereocenters. The number of para-hydroxylation sites is 1. The summed E-state index contributed by atoms with van der Waals surface area (Å²) in [6.07, 6.45) is 2.06. The Hall–Kier alpha value is -5.03. The molecule has 1 amide bonds. The maximum absolute atomic E-state index is 15.1. The summed E-state index contributed by atoms with van der Waals surface area (Å²) in [6, 6.07) is 19.5. The van der Waals surface area contributed by atoms with Crippen LogP contribution in [0.4, 0.5) is 10.1 Å². The van der Waals surface area contributed by atoms with Crippen LogP contribution in [0.1, 0.15) is 15.9 Å². The third kappa shape index (κ3) is 4.67. The number of rotatable bonds is 6. The smallest absolute Gasteiger partial charge is 0.255 e. The van der Waals surface area contributed by atoms with E-state index in [0.717, 1.165) is 27.7 Å². The molecule has 9 nitrogen and oxygen atoms in total.